The summed E-state index contributed by atoms with van der Waals surface area (Å²) in [5.74, 6) is -0.0101. The zero-order valence-electron chi connectivity index (χ0n) is 12.3. The van der Waals surface area contributed by atoms with Crippen molar-refractivity contribution in [3.05, 3.63) is 16.1 Å². The van der Waals surface area contributed by atoms with Gasteiger partial charge in [0.1, 0.15) is 5.01 Å². The molecule has 0 spiro atoms. The highest BCUT2D eigenvalue weighted by Crippen LogP contribution is 2.22. The van der Waals surface area contributed by atoms with Gasteiger partial charge < -0.3 is 15.4 Å². The van der Waals surface area contributed by atoms with Crippen molar-refractivity contribution < 1.29 is 9.53 Å². The zero-order valence-corrected chi connectivity index (χ0v) is 14.8. The third-order valence-corrected chi connectivity index (χ3v) is 4.61. The van der Waals surface area contributed by atoms with E-state index < -0.39 is 5.54 Å². The maximum absolute atomic E-state index is 12.4. The molecular weight excluding hydrogens is 333 g/mol. The summed E-state index contributed by atoms with van der Waals surface area (Å²) in [6.07, 6.45) is 4.04. The lowest BCUT2D eigenvalue weighted by Crippen LogP contribution is -2.57. The van der Waals surface area contributed by atoms with E-state index in [0.717, 1.165) is 11.4 Å². The molecule has 5 nitrogen and oxygen atoms in total. The molecule has 1 aliphatic rings. The minimum Gasteiger partial charge on any atom is -0.381 e. The van der Waals surface area contributed by atoms with Crippen molar-refractivity contribution in [2.24, 2.45) is 5.73 Å². The lowest BCUT2D eigenvalue weighted by molar-refractivity contribution is -0.139. The first kappa shape index (κ1) is 20.6. The van der Waals surface area contributed by atoms with E-state index in [2.05, 4.69) is 11.9 Å². The number of aryl methyl sites for hydroxylation is 1. The number of amides is 1. The highest BCUT2D eigenvalue weighted by Gasteiger charge is 2.37. The Labute approximate surface area is 142 Å². The topological polar surface area (TPSA) is 68.5 Å². The lowest BCUT2D eigenvalue weighted by Gasteiger charge is -2.35. The molecule has 2 heterocycles. The molecule has 0 unspecified atom stereocenters. The average Bonchev–Trinajstić information content (AvgIpc) is 2.86. The molecule has 0 aromatic carbocycles. The number of likely N-dealkylation sites (N-methyl/N-ethyl adjacent to an activating group) is 1. The molecule has 0 bridgehead atoms. The molecule has 1 aromatic rings. The van der Waals surface area contributed by atoms with Gasteiger partial charge in [0.15, 0.2) is 0 Å². The van der Waals surface area contributed by atoms with Gasteiger partial charge in [0.05, 0.1) is 12.1 Å². The molecule has 8 heteroatoms. The van der Waals surface area contributed by atoms with Crippen LogP contribution in [0.15, 0.2) is 6.20 Å². The van der Waals surface area contributed by atoms with Crippen LogP contribution in [-0.4, -0.2) is 41.6 Å². The fourth-order valence-corrected chi connectivity index (χ4v) is 3.10. The molecule has 1 saturated heterocycles. The first-order chi connectivity index (χ1) is 9.05. The Morgan fingerprint density at radius 2 is 2.10 bits per heavy atom. The number of carbonyl (C=O) groups is 1. The first-order valence-corrected chi connectivity index (χ1v) is 7.42. The van der Waals surface area contributed by atoms with Crippen LogP contribution >= 0.6 is 36.2 Å². The maximum Gasteiger partial charge on any atom is 0.242 e. The lowest BCUT2D eigenvalue weighted by atomic mass is 9.90. The first-order valence-electron chi connectivity index (χ1n) is 6.61. The van der Waals surface area contributed by atoms with Crippen LogP contribution in [0.2, 0.25) is 0 Å². The van der Waals surface area contributed by atoms with Crippen LogP contribution in [0.25, 0.3) is 0 Å². The molecule has 0 radical (unpaired) electrons. The number of carbonyl (C=O) groups excluding carboxylic acids is 1. The molecule has 2 rings (SSSR count). The zero-order chi connectivity index (χ0) is 13.9. The van der Waals surface area contributed by atoms with Crippen molar-refractivity contribution in [3.8, 4) is 0 Å². The molecule has 122 valence electrons. The molecule has 1 aliphatic heterocycles. The van der Waals surface area contributed by atoms with Crippen LogP contribution in [0.4, 0.5) is 0 Å². The SMILES string of the molecule is CCc1cnc(CN(C)C(=O)C2(N)CCOCC2)s1.Cl.Cl. The van der Waals surface area contributed by atoms with Gasteiger partial charge in [-0.05, 0) is 19.3 Å². The summed E-state index contributed by atoms with van der Waals surface area (Å²) < 4.78 is 5.27. The minimum atomic E-state index is -0.766. The second-order valence-electron chi connectivity index (χ2n) is 5.00. The van der Waals surface area contributed by atoms with E-state index in [1.54, 1.807) is 23.3 Å². The molecule has 0 aliphatic carbocycles. The number of hydrogen-bond donors (Lipinski definition) is 1. The van der Waals surface area contributed by atoms with Gasteiger partial charge in [-0.25, -0.2) is 4.98 Å². The van der Waals surface area contributed by atoms with E-state index in [4.69, 9.17) is 10.5 Å². The fourth-order valence-electron chi connectivity index (χ4n) is 2.19. The van der Waals surface area contributed by atoms with Gasteiger partial charge in [-0.2, -0.15) is 0 Å². The number of thiazole rings is 1. The van der Waals surface area contributed by atoms with E-state index >= 15 is 0 Å². The van der Waals surface area contributed by atoms with Crippen molar-refractivity contribution >= 4 is 42.1 Å². The average molecular weight is 356 g/mol. The fraction of sp³-hybridized carbons (Fsp3) is 0.692. The van der Waals surface area contributed by atoms with E-state index in [9.17, 15) is 4.79 Å². The van der Waals surface area contributed by atoms with Crippen LogP contribution < -0.4 is 5.73 Å². The molecule has 1 aromatic heterocycles. The number of nitrogens with two attached hydrogens (primary N) is 1. The van der Waals surface area contributed by atoms with Crippen molar-refractivity contribution in [1.82, 2.24) is 9.88 Å². The molecular formula is C13H23Cl2N3O2S. The monoisotopic (exact) mass is 355 g/mol. The summed E-state index contributed by atoms with van der Waals surface area (Å²) in [5, 5.41) is 0.961. The Bertz CT molecular complexity index is 450. The van der Waals surface area contributed by atoms with Crippen LogP contribution in [0, 0.1) is 0 Å². The highest BCUT2D eigenvalue weighted by molar-refractivity contribution is 7.11. The predicted octanol–water partition coefficient (Wildman–Crippen LogP) is 2.02. The van der Waals surface area contributed by atoms with Crippen molar-refractivity contribution in [3.63, 3.8) is 0 Å². The highest BCUT2D eigenvalue weighted by atomic mass is 35.5. The third-order valence-electron chi connectivity index (χ3n) is 3.48. The van der Waals surface area contributed by atoms with Gasteiger partial charge in [-0.3, -0.25) is 4.79 Å². The molecule has 21 heavy (non-hydrogen) atoms. The Balaban J connectivity index is 0.00000200. The Morgan fingerprint density at radius 3 is 2.62 bits per heavy atom. The standard InChI is InChI=1S/C13H21N3O2S.2ClH/c1-3-10-8-15-11(19-10)9-16(2)12(17)13(14)4-6-18-7-5-13;;/h8H,3-7,9,14H2,1-2H3;2*1H. The normalized spacial score (nSPS) is 16.5. The van der Waals surface area contributed by atoms with Gasteiger partial charge in [0, 0.05) is 31.3 Å². The summed E-state index contributed by atoms with van der Waals surface area (Å²) in [7, 11) is 1.79. The number of ether oxygens (including phenoxy) is 1. The largest absolute Gasteiger partial charge is 0.381 e. The Hall–Kier alpha value is -0.400. The van der Waals surface area contributed by atoms with E-state index in [1.807, 2.05) is 6.20 Å². The number of aromatic nitrogens is 1. The van der Waals surface area contributed by atoms with Gasteiger partial charge in [0.25, 0.3) is 0 Å². The summed E-state index contributed by atoms with van der Waals surface area (Å²) in [5.41, 5.74) is 5.43. The van der Waals surface area contributed by atoms with Crippen molar-refractivity contribution in [2.45, 2.75) is 38.3 Å². The molecule has 0 saturated carbocycles. The summed E-state index contributed by atoms with van der Waals surface area (Å²) in [4.78, 5) is 19.7. The van der Waals surface area contributed by atoms with Gasteiger partial charge in [0.2, 0.25) is 5.91 Å². The summed E-state index contributed by atoms with van der Waals surface area (Å²) in [6.45, 7) is 3.76. The number of halogens is 2. The third kappa shape index (κ3) is 5.07. The molecule has 1 fully saturated rings. The maximum atomic E-state index is 12.4. The van der Waals surface area contributed by atoms with Crippen molar-refractivity contribution in [2.75, 3.05) is 20.3 Å². The quantitative estimate of drug-likeness (QED) is 0.896. The molecule has 2 N–H and O–H groups in total. The van der Waals surface area contributed by atoms with E-state index in [0.29, 0.717) is 32.6 Å². The summed E-state index contributed by atoms with van der Waals surface area (Å²) >= 11 is 1.65. The minimum absolute atomic E-state index is 0. The van der Waals surface area contributed by atoms with Gasteiger partial charge in [-0.1, -0.05) is 6.92 Å². The molecule has 1 amide bonds. The summed E-state index contributed by atoms with van der Waals surface area (Å²) in [6, 6.07) is 0. The number of hydrogen-bond acceptors (Lipinski definition) is 5. The van der Waals surface area contributed by atoms with E-state index in [-0.39, 0.29) is 30.7 Å². The second-order valence-corrected chi connectivity index (χ2v) is 6.20. The van der Waals surface area contributed by atoms with Gasteiger partial charge in [-0.15, -0.1) is 36.2 Å². The number of nitrogens with zero attached hydrogens (tertiary/aromatic N) is 2. The van der Waals surface area contributed by atoms with Crippen molar-refractivity contribution in [1.29, 1.82) is 0 Å². The van der Waals surface area contributed by atoms with Crippen LogP contribution in [-0.2, 0) is 22.5 Å². The van der Waals surface area contributed by atoms with Crippen LogP contribution in [0.3, 0.4) is 0 Å². The predicted molar refractivity (Wildman–Crippen MR) is 89.4 cm³/mol. The Kier molecular flexibility index (Phi) is 8.73. The van der Waals surface area contributed by atoms with Crippen LogP contribution in [0.5, 0.6) is 0 Å². The van der Waals surface area contributed by atoms with E-state index in [1.165, 1.54) is 4.88 Å². The smallest absolute Gasteiger partial charge is 0.242 e. The van der Waals surface area contributed by atoms with Crippen LogP contribution in [0.1, 0.15) is 29.7 Å². The van der Waals surface area contributed by atoms with Gasteiger partial charge >= 0.3 is 0 Å². The molecule has 0 atom stereocenters. The Morgan fingerprint density at radius 1 is 1.48 bits per heavy atom. The second kappa shape index (κ2) is 8.90. The number of rotatable bonds is 4.